The normalized spacial score (nSPS) is 24.3. The largest absolute Gasteiger partial charge is 0.399 e. The number of hydrogen-bond acceptors (Lipinski definition) is 2. The highest BCUT2D eigenvalue weighted by molar-refractivity contribution is 5.47. The molecule has 1 aliphatic rings. The standard InChI is InChI=1S/C21H28N2/c1-15-11-16(2)13-19(12-15)18-5-9-21(10-6-18)23-14-17-3-7-20(22)8-4-17/h3-10,15-16,19,23H,11-14,22H2,1-2H3. The van der Waals surface area contributed by atoms with E-state index in [1.807, 2.05) is 12.1 Å². The lowest BCUT2D eigenvalue weighted by Gasteiger charge is -2.31. The summed E-state index contributed by atoms with van der Waals surface area (Å²) in [7, 11) is 0. The molecule has 0 aromatic heterocycles. The number of nitrogens with two attached hydrogens (primary N) is 1. The number of nitrogens with one attached hydrogen (secondary N) is 1. The molecular weight excluding hydrogens is 280 g/mol. The fourth-order valence-corrected chi connectivity index (χ4v) is 3.93. The Balaban J connectivity index is 1.59. The molecule has 2 nitrogen and oxygen atoms in total. The molecule has 0 radical (unpaired) electrons. The molecular formula is C21H28N2. The van der Waals surface area contributed by atoms with Gasteiger partial charge in [0.1, 0.15) is 0 Å². The van der Waals surface area contributed by atoms with E-state index in [0.717, 1.165) is 30.0 Å². The lowest BCUT2D eigenvalue weighted by atomic mass is 9.74. The van der Waals surface area contributed by atoms with E-state index in [4.69, 9.17) is 5.73 Å². The van der Waals surface area contributed by atoms with Crippen molar-refractivity contribution >= 4 is 11.4 Å². The highest BCUT2D eigenvalue weighted by atomic mass is 14.9. The van der Waals surface area contributed by atoms with Gasteiger partial charge in [-0.05, 0) is 72.4 Å². The molecule has 2 heteroatoms. The van der Waals surface area contributed by atoms with Crippen LogP contribution in [0.1, 0.15) is 50.2 Å². The second kappa shape index (κ2) is 7.08. The van der Waals surface area contributed by atoms with Gasteiger partial charge in [-0.25, -0.2) is 0 Å². The zero-order valence-electron chi connectivity index (χ0n) is 14.3. The molecule has 2 unspecified atom stereocenters. The Hall–Kier alpha value is -1.96. The minimum atomic E-state index is 0.736. The summed E-state index contributed by atoms with van der Waals surface area (Å²) in [6.07, 6.45) is 4.06. The van der Waals surface area contributed by atoms with Gasteiger partial charge >= 0.3 is 0 Å². The maximum absolute atomic E-state index is 5.72. The van der Waals surface area contributed by atoms with Crippen LogP contribution < -0.4 is 11.1 Å². The van der Waals surface area contributed by atoms with Crippen LogP contribution in [0.2, 0.25) is 0 Å². The summed E-state index contributed by atoms with van der Waals surface area (Å²) >= 11 is 0. The van der Waals surface area contributed by atoms with Gasteiger partial charge < -0.3 is 11.1 Å². The molecule has 1 saturated carbocycles. The van der Waals surface area contributed by atoms with E-state index in [1.54, 1.807) is 0 Å². The smallest absolute Gasteiger partial charge is 0.0400 e. The van der Waals surface area contributed by atoms with E-state index in [9.17, 15) is 0 Å². The van der Waals surface area contributed by atoms with Crippen LogP contribution in [0.4, 0.5) is 11.4 Å². The molecule has 0 spiro atoms. The third kappa shape index (κ3) is 4.28. The molecule has 0 heterocycles. The van der Waals surface area contributed by atoms with Crippen molar-refractivity contribution in [2.24, 2.45) is 11.8 Å². The van der Waals surface area contributed by atoms with E-state index in [-0.39, 0.29) is 0 Å². The Morgan fingerprint density at radius 1 is 0.870 bits per heavy atom. The van der Waals surface area contributed by atoms with Crippen molar-refractivity contribution in [2.75, 3.05) is 11.1 Å². The lowest BCUT2D eigenvalue weighted by Crippen LogP contribution is -2.18. The third-order valence-electron chi connectivity index (χ3n) is 5.04. The van der Waals surface area contributed by atoms with E-state index in [1.165, 1.54) is 36.1 Å². The summed E-state index contributed by atoms with van der Waals surface area (Å²) in [5.41, 5.74) is 10.5. The molecule has 23 heavy (non-hydrogen) atoms. The minimum absolute atomic E-state index is 0.736. The molecule has 122 valence electrons. The van der Waals surface area contributed by atoms with Crippen molar-refractivity contribution in [3.8, 4) is 0 Å². The quantitative estimate of drug-likeness (QED) is 0.740. The molecule has 2 aromatic rings. The molecule has 1 fully saturated rings. The molecule has 1 aliphatic carbocycles. The molecule has 3 N–H and O–H groups in total. The van der Waals surface area contributed by atoms with Crippen molar-refractivity contribution in [2.45, 2.75) is 45.6 Å². The number of hydrogen-bond donors (Lipinski definition) is 2. The van der Waals surface area contributed by atoms with Crippen molar-refractivity contribution in [1.29, 1.82) is 0 Å². The summed E-state index contributed by atoms with van der Waals surface area (Å²) in [5.74, 6) is 2.44. The average Bonchev–Trinajstić information content (AvgIpc) is 2.54. The number of benzene rings is 2. The molecule has 0 bridgehead atoms. The predicted octanol–water partition coefficient (Wildman–Crippen LogP) is 5.42. The Labute approximate surface area is 140 Å². The summed E-state index contributed by atoms with van der Waals surface area (Å²) in [5, 5.41) is 3.49. The first-order chi connectivity index (χ1) is 11.1. The summed E-state index contributed by atoms with van der Waals surface area (Å²) in [4.78, 5) is 0. The zero-order valence-corrected chi connectivity index (χ0v) is 14.3. The molecule has 3 rings (SSSR count). The van der Waals surface area contributed by atoms with Gasteiger partial charge in [0, 0.05) is 17.9 Å². The van der Waals surface area contributed by atoms with Gasteiger partial charge in [-0.1, -0.05) is 38.1 Å². The van der Waals surface area contributed by atoms with Crippen LogP contribution in [0.15, 0.2) is 48.5 Å². The second-order valence-electron chi connectivity index (χ2n) is 7.33. The molecule has 0 amide bonds. The highest BCUT2D eigenvalue weighted by Gasteiger charge is 2.24. The first-order valence-corrected chi connectivity index (χ1v) is 8.78. The summed E-state index contributed by atoms with van der Waals surface area (Å²) in [6, 6.07) is 17.1. The lowest BCUT2D eigenvalue weighted by molar-refractivity contribution is 0.268. The van der Waals surface area contributed by atoms with Crippen molar-refractivity contribution in [3.63, 3.8) is 0 Å². The van der Waals surface area contributed by atoms with Gasteiger partial charge in [-0.3, -0.25) is 0 Å². The molecule has 2 aromatic carbocycles. The average molecular weight is 308 g/mol. The van der Waals surface area contributed by atoms with Gasteiger partial charge in [0.25, 0.3) is 0 Å². The fourth-order valence-electron chi connectivity index (χ4n) is 3.93. The third-order valence-corrected chi connectivity index (χ3v) is 5.04. The Bertz CT molecular complexity index is 605. The molecule has 2 atom stereocenters. The van der Waals surface area contributed by atoms with E-state index in [2.05, 4.69) is 55.6 Å². The van der Waals surface area contributed by atoms with Gasteiger partial charge in [0.2, 0.25) is 0 Å². The van der Waals surface area contributed by atoms with Crippen LogP contribution in [-0.4, -0.2) is 0 Å². The molecule has 0 aliphatic heterocycles. The second-order valence-corrected chi connectivity index (χ2v) is 7.33. The number of anilines is 2. The summed E-state index contributed by atoms with van der Waals surface area (Å²) in [6.45, 7) is 5.62. The van der Waals surface area contributed by atoms with Gasteiger partial charge in [0.15, 0.2) is 0 Å². The van der Waals surface area contributed by atoms with Crippen LogP contribution in [-0.2, 0) is 6.54 Å². The van der Waals surface area contributed by atoms with Gasteiger partial charge in [-0.2, -0.15) is 0 Å². The van der Waals surface area contributed by atoms with Crippen LogP contribution in [0.5, 0.6) is 0 Å². The Kier molecular flexibility index (Phi) is 4.90. The molecule has 0 saturated heterocycles. The Morgan fingerprint density at radius 2 is 1.48 bits per heavy atom. The Morgan fingerprint density at radius 3 is 2.09 bits per heavy atom. The SMILES string of the molecule is CC1CC(C)CC(c2ccc(NCc3ccc(N)cc3)cc2)C1. The summed E-state index contributed by atoms with van der Waals surface area (Å²) < 4.78 is 0. The van der Waals surface area contributed by atoms with E-state index >= 15 is 0 Å². The zero-order chi connectivity index (χ0) is 16.2. The fraction of sp³-hybridized carbons (Fsp3) is 0.429. The van der Waals surface area contributed by atoms with Crippen LogP contribution >= 0.6 is 0 Å². The maximum atomic E-state index is 5.72. The van der Waals surface area contributed by atoms with Crippen LogP contribution in [0.3, 0.4) is 0 Å². The van der Waals surface area contributed by atoms with E-state index < -0.39 is 0 Å². The number of rotatable bonds is 4. The van der Waals surface area contributed by atoms with E-state index in [0.29, 0.717) is 0 Å². The van der Waals surface area contributed by atoms with Crippen molar-refractivity contribution < 1.29 is 0 Å². The van der Waals surface area contributed by atoms with Crippen molar-refractivity contribution in [1.82, 2.24) is 0 Å². The van der Waals surface area contributed by atoms with Crippen LogP contribution in [0.25, 0.3) is 0 Å². The van der Waals surface area contributed by atoms with Crippen molar-refractivity contribution in [3.05, 3.63) is 59.7 Å². The monoisotopic (exact) mass is 308 g/mol. The predicted molar refractivity (Wildman–Crippen MR) is 99.5 cm³/mol. The van der Waals surface area contributed by atoms with Gasteiger partial charge in [-0.15, -0.1) is 0 Å². The first-order valence-electron chi connectivity index (χ1n) is 8.78. The first kappa shape index (κ1) is 15.9. The minimum Gasteiger partial charge on any atom is -0.399 e. The van der Waals surface area contributed by atoms with Crippen LogP contribution in [0, 0.1) is 11.8 Å². The van der Waals surface area contributed by atoms with Gasteiger partial charge in [0.05, 0.1) is 0 Å². The topological polar surface area (TPSA) is 38.0 Å². The highest BCUT2D eigenvalue weighted by Crippen LogP contribution is 2.39. The number of nitrogen functional groups attached to an aromatic ring is 1. The maximum Gasteiger partial charge on any atom is 0.0400 e.